The molecule has 1 aromatic rings. The second kappa shape index (κ2) is 4.96. The third-order valence-corrected chi connectivity index (χ3v) is 3.48. The Labute approximate surface area is 105 Å². The minimum absolute atomic E-state index is 0.0795. The van der Waals surface area contributed by atoms with Crippen LogP contribution in [0.25, 0.3) is 0 Å². The first-order chi connectivity index (χ1) is 8.11. The molecule has 2 rings (SSSR count). The molecule has 0 spiro atoms. The highest BCUT2D eigenvalue weighted by Crippen LogP contribution is 2.45. The second-order valence-corrected chi connectivity index (χ2v) is 4.84. The average molecular weight is 255 g/mol. The van der Waals surface area contributed by atoms with Crippen LogP contribution >= 0.6 is 11.6 Å². The molecule has 1 aliphatic rings. The number of methoxy groups -OCH3 is 1. The number of rotatable bonds is 5. The normalized spacial score (nSPS) is 16.6. The van der Waals surface area contributed by atoms with Crippen molar-refractivity contribution in [1.29, 1.82) is 0 Å². The van der Waals surface area contributed by atoms with Crippen molar-refractivity contribution < 1.29 is 14.6 Å². The number of halogens is 1. The van der Waals surface area contributed by atoms with E-state index in [4.69, 9.17) is 21.4 Å². The van der Waals surface area contributed by atoms with Crippen molar-refractivity contribution >= 4 is 17.6 Å². The van der Waals surface area contributed by atoms with Gasteiger partial charge < -0.3 is 9.84 Å². The Balaban J connectivity index is 2.23. The van der Waals surface area contributed by atoms with E-state index in [0.717, 1.165) is 18.4 Å². The predicted octanol–water partition coefficient (Wildman–Crippen LogP) is 3.32. The molecule has 1 fully saturated rings. The molecule has 0 aromatic heterocycles. The van der Waals surface area contributed by atoms with Crippen molar-refractivity contribution in [2.75, 3.05) is 7.11 Å². The molecule has 1 N–H and O–H groups in total. The Hall–Kier alpha value is -1.22. The van der Waals surface area contributed by atoms with Gasteiger partial charge in [-0.15, -0.1) is 0 Å². The van der Waals surface area contributed by atoms with Crippen molar-refractivity contribution in [2.45, 2.75) is 25.2 Å². The Morgan fingerprint density at radius 3 is 2.76 bits per heavy atom. The molecular weight excluding hydrogens is 240 g/mol. The van der Waals surface area contributed by atoms with Gasteiger partial charge in [-0.05, 0) is 42.4 Å². The lowest BCUT2D eigenvalue weighted by Gasteiger charge is -2.15. The summed E-state index contributed by atoms with van der Waals surface area (Å²) in [5, 5.41) is 9.48. The number of ether oxygens (including phenoxy) is 1. The molecule has 0 amide bonds. The fraction of sp³-hybridized carbons (Fsp3) is 0.462. The summed E-state index contributed by atoms with van der Waals surface area (Å²) >= 11 is 6.06. The van der Waals surface area contributed by atoms with Crippen LogP contribution in [-0.2, 0) is 4.79 Å². The molecule has 0 radical (unpaired) electrons. The highest BCUT2D eigenvalue weighted by molar-refractivity contribution is 6.32. The number of hydrogen-bond donors (Lipinski definition) is 1. The highest BCUT2D eigenvalue weighted by atomic mass is 35.5. The average Bonchev–Trinajstić information content (AvgIpc) is 3.09. The van der Waals surface area contributed by atoms with Crippen molar-refractivity contribution in [3.05, 3.63) is 28.8 Å². The fourth-order valence-electron chi connectivity index (χ4n) is 2.16. The first-order valence-electron chi connectivity index (χ1n) is 5.67. The van der Waals surface area contributed by atoms with Crippen LogP contribution < -0.4 is 4.74 Å². The summed E-state index contributed by atoms with van der Waals surface area (Å²) in [6.07, 6.45) is 2.40. The smallest absolute Gasteiger partial charge is 0.303 e. The van der Waals surface area contributed by atoms with E-state index in [1.54, 1.807) is 13.2 Å². The first kappa shape index (κ1) is 12.2. The highest BCUT2D eigenvalue weighted by Gasteiger charge is 2.33. The first-order valence-corrected chi connectivity index (χ1v) is 6.05. The van der Waals surface area contributed by atoms with Gasteiger partial charge in [0.2, 0.25) is 0 Å². The molecule has 1 aliphatic carbocycles. The lowest BCUT2D eigenvalue weighted by Crippen LogP contribution is -2.08. The van der Waals surface area contributed by atoms with E-state index in [-0.39, 0.29) is 12.3 Å². The van der Waals surface area contributed by atoms with Crippen LogP contribution in [0.3, 0.4) is 0 Å². The lowest BCUT2D eigenvalue weighted by molar-refractivity contribution is -0.137. The summed E-state index contributed by atoms with van der Waals surface area (Å²) in [5.74, 6) is 0.445. The van der Waals surface area contributed by atoms with E-state index >= 15 is 0 Å². The van der Waals surface area contributed by atoms with Gasteiger partial charge in [0.15, 0.2) is 0 Å². The van der Waals surface area contributed by atoms with Gasteiger partial charge >= 0.3 is 5.97 Å². The maximum atomic E-state index is 10.9. The van der Waals surface area contributed by atoms with Crippen molar-refractivity contribution in [3.8, 4) is 5.75 Å². The SMILES string of the molecule is COc1ccc(C(CC(=O)O)C2CC2)cc1Cl. The third-order valence-electron chi connectivity index (χ3n) is 3.19. The maximum Gasteiger partial charge on any atom is 0.303 e. The zero-order valence-electron chi connectivity index (χ0n) is 9.65. The summed E-state index contributed by atoms with van der Waals surface area (Å²) in [6, 6.07) is 5.54. The van der Waals surface area contributed by atoms with Crippen LogP contribution in [0.15, 0.2) is 18.2 Å². The largest absolute Gasteiger partial charge is 0.495 e. The molecule has 4 heteroatoms. The van der Waals surface area contributed by atoms with E-state index in [1.165, 1.54) is 0 Å². The number of aliphatic carboxylic acids is 1. The van der Waals surface area contributed by atoms with Gasteiger partial charge in [0.05, 0.1) is 18.6 Å². The van der Waals surface area contributed by atoms with Crippen LogP contribution in [-0.4, -0.2) is 18.2 Å². The van der Waals surface area contributed by atoms with Gasteiger partial charge in [-0.25, -0.2) is 0 Å². The number of carboxylic acids is 1. The molecule has 0 saturated heterocycles. The zero-order valence-corrected chi connectivity index (χ0v) is 10.4. The zero-order chi connectivity index (χ0) is 12.4. The number of carbonyl (C=O) groups is 1. The topological polar surface area (TPSA) is 46.5 Å². The van der Waals surface area contributed by atoms with Crippen LogP contribution in [0.1, 0.15) is 30.7 Å². The molecule has 1 saturated carbocycles. The van der Waals surface area contributed by atoms with Crippen LogP contribution in [0.2, 0.25) is 5.02 Å². The van der Waals surface area contributed by atoms with Gasteiger partial charge in [-0.2, -0.15) is 0 Å². The minimum Gasteiger partial charge on any atom is -0.495 e. The lowest BCUT2D eigenvalue weighted by atomic mass is 9.91. The van der Waals surface area contributed by atoms with Crippen molar-refractivity contribution in [3.63, 3.8) is 0 Å². The Kier molecular flexibility index (Phi) is 3.57. The minimum atomic E-state index is -0.756. The maximum absolute atomic E-state index is 10.9. The quantitative estimate of drug-likeness (QED) is 0.877. The van der Waals surface area contributed by atoms with Crippen molar-refractivity contribution in [1.82, 2.24) is 0 Å². The summed E-state index contributed by atoms with van der Waals surface area (Å²) in [5.41, 5.74) is 1.00. The Morgan fingerprint density at radius 2 is 2.29 bits per heavy atom. The Bertz CT molecular complexity index is 427. The molecular formula is C13H15ClO3. The number of carboxylic acid groups (broad SMARTS) is 1. The van der Waals surface area contributed by atoms with E-state index in [0.29, 0.717) is 16.7 Å². The molecule has 0 aliphatic heterocycles. The van der Waals surface area contributed by atoms with E-state index in [1.807, 2.05) is 12.1 Å². The second-order valence-electron chi connectivity index (χ2n) is 4.44. The molecule has 3 nitrogen and oxygen atoms in total. The fourth-order valence-corrected chi connectivity index (χ4v) is 2.42. The van der Waals surface area contributed by atoms with E-state index in [9.17, 15) is 4.79 Å². The van der Waals surface area contributed by atoms with Crippen LogP contribution in [0.4, 0.5) is 0 Å². The third kappa shape index (κ3) is 2.91. The summed E-state index contributed by atoms with van der Waals surface area (Å²) < 4.78 is 5.09. The van der Waals surface area contributed by atoms with E-state index in [2.05, 4.69) is 0 Å². The predicted molar refractivity (Wildman–Crippen MR) is 65.7 cm³/mol. The standard InChI is InChI=1S/C13H15ClO3/c1-17-12-5-4-9(6-11(12)14)10(7-13(15)16)8-2-3-8/h4-6,8,10H,2-3,7H2,1H3,(H,15,16). The molecule has 92 valence electrons. The molecule has 1 atom stereocenters. The summed E-state index contributed by atoms with van der Waals surface area (Å²) in [6.45, 7) is 0. The van der Waals surface area contributed by atoms with Gasteiger partial charge in [0.1, 0.15) is 5.75 Å². The molecule has 0 heterocycles. The van der Waals surface area contributed by atoms with Crippen LogP contribution in [0.5, 0.6) is 5.75 Å². The summed E-state index contributed by atoms with van der Waals surface area (Å²) in [4.78, 5) is 10.9. The molecule has 17 heavy (non-hydrogen) atoms. The molecule has 1 aromatic carbocycles. The van der Waals surface area contributed by atoms with Gasteiger partial charge in [0, 0.05) is 0 Å². The van der Waals surface area contributed by atoms with Gasteiger partial charge in [0.25, 0.3) is 0 Å². The number of hydrogen-bond acceptors (Lipinski definition) is 2. The Morgan fingerprint density at radius 1 is 1.59 bits per heavy atom. The van der Waals surface area contributed by atoms with Crippen molar-refractivity contribution in [2.24, 2.45) is 5.92 Å². The molecule has 0 bridgehead atoms. The van der Waals surface area contributed by atoms with E-state index < -0.39 is 5.97 Å². The monoisotopic (exact) mass is 254 g/mol. The number of benzene rings is 1. The molecule has 1 unspecified atom stereocenters. The van der Waals surface area contributed by atoms with Crippen LogP contribution in [0, 0.1) is 5.92 Å². The van der Waals surface area contributed by atoms with Gasteiger partial charge in [-0.3, -0.25) is 4.79 Å². The summed E-state index contributed by atoms with van der Waals surface area (Å²) in [7, 11) is 1.57. The van der Waals surface area contributed by atoms with Gasteiger partial charge in [-0.1, -0.05) is 17.7 Å².